The Morgan fingerprint density at radius 1 is 1.21 bits per heavy atom. The van der Waals surface area contributed by atoms with E-state index >= 15 is 0 Å². The van der Waals surface area contributed by atoms with Crippen molar-refractivity contribution in [1.29, 1.82) is 0 Å². The standard InChI is InChI=1S/C19H17FN4O4/c1-22(10-11-28-18-8-2-15(20)3-9-18)19(25)14-12-21-23(13-14)16-4-6-17(7-5-16)24(26)27/h2-9,12-13H,10-11H2,1H3. The van der Waals surface area contributed by atoms with Gasteiger partial charge in [0.05, 0.1) is 28.9 Å². The highest BCUT2D eigenvalue weighted by Gasteiger charge is 2.15. The summed E-state index contributed by atoms with van der Waals surface area (Å²) in [6, 6.07) is 11.5. The van der Waals surface area contributed by atoms with E-state index in [4.69, 9.17) is 4.74 Å². The van der Waals surface area contributed by atoms with Crippen LogP contribution in [0.15, 0.2) is 60.9 Å². The molecule has 1 amide bonds. The van der Waals surface area contributed by atoms with E-state index < -0.39 is 4.92 Å². The number of nitrogens with zero attached hydrogens (tertiary/aromatic N) is 4. The van der Waals surface area contributed by atoms with Gasteiger partial charge in [-0.2, -0.15) is 5.10 Å². The second-order valence-corrected chi connectivity index (χ2v) is 5.98. The third-order valence-electron chi connectivity index (χ3n) is 4.01. The lowest BCUT2D eigenvalue weighted by molar-refractivity contribution is -0.384. The van der Waals surface area contributed by atoms with Crippen LogP contribution in [-0.2, 0) is 0 Å². The number of rotatable bonds is 7. The first kappa shape index (κ1) is 19.0. The Balaban J connectivity index is 1.58. The molecule has 3 aromatic rings. The molecule has 0 unspecified atom stereocenters. The van der Waals surface area contributed by atoms with Gasteiger partial charge in [0.25, 0.3) is 11.6 Å². The van der Waals surface area contributed by atoms with Crippen LogP contribution in [0.3, 0.4) is 0 Å². The van der Waals surface area contributed by atoms with Gasteiger partial charge in [-0.25, -0.2) is 9.07 Å². The number of nitro groups is 1. The normalized spacial score (nSPS) is 10.5. The second-order valence-electron chi connectivity index (χ2n) is 5.98. The van der Waals surface area contributed by atoms with Crippen molar-refractivity contribution in [2.45, 2.75) is 0 Å². The summed E-state index contributed by atoms with van der Waals surface area (Å²) in [5, 5.41) is 14.8. The molecule has 0 aliphatic carbocycles. The minimum Gasteiger partial charge on any atom is -0.492 e. The van der Waals surface area contributed by atoms with Gasteiger partial charge in [0, 0.05) is 25.4 Å². The van der Waals surface area contributed by atoms with Crippen LogP contribution < -0.4 is 4.74 Å². The Bertz CT molecular complexity index is 970. The maximum absolute atomic E-state index is 12.9. The molecule has 0 atom stereocenters. The summed E-state index contributed by atoms with van der Waals surface area (Å²) in [5.74, 6) is -0.0613. The second kappa shape index (κ2) is 8.30. The van der Waals surface area contributed by atoms with Crippen molar-refractivity contribution in [2.24, 2.45) is 0 Å². The zero-order valence-electron chi connectivity index (χ0n) is 15.0. The molecule has 0 N–H and O–H groups in total. The van der Waals surface area contributed by atoms with Crippen molar-refractivity contribution in [3.8, 4) is 11.4 Å². The average molecular weight is 384 g/mol. The van der Waals surface area contributed by atoms with Gasteiger partial charge in [-0.1, -0.05) is 0 Å². The summed E-state index contributed by atoms with van der Waals surface area (Å²) in [6.45, 7) is 0.587. The lowest BCUT2D eigenvalue weighted by Crippen LogP contribution is -2.30. The summed E-state index contributed by atoms with van der Waals surface area (Å²) >= 11 is 0. The first-order chi connectivity index (χ1) is 13.4. The van der Waals surface area contributed by atoms with Crippen molar-refractivity contribution in [3.05, 3.63) is 82.4 Å². The SMILES string of the molecule is CN(CCOc1ccc(F)cc1)C(=O)c1cnn(-c2ccc([N+](=O)[O-])cc2)c1. The number of halogens is 1. The number of hydrogen-bond donors (Lipinski definition) is 0. The summed E-state index contributed by atoms with van der Waals surface area (Å²) in [5.41, 5.74) is 0.961. The van der Waals surface area contributed by atoms with E-state index in [0.717, 1.165) is 0 Å². The fraction of sp³-hybridized carbons (Fsp3) is 0.158. The van der Waals surface area contributed by atoms with Gasteiger partial charge in [-0.3, -0.25) is 14.9 Å². The number of non-ortho nitro benzene ring substituents is 1. The van der Waals surface area contributed by atoms with E-state index in [-0.39, 0.29) is 24.0 Å². The lowest BCUT2D eigenvalue weighted by atomic mass is 10.3. The lowest BCUT2D eigenvalue weighted by Gasteiger charge is -2.16. The molecule has 1 heterocycles. The summed E-state index contributed by atoms with van der Waals surface area (Å²) in [6.07, 6.45) is 2.99. The van der Waals surface area contributed by atoms with Gasteiger partial charge < -0.3 is 9.64 Å². The predicted molar refractivity (Wildman–Crippen MR) is 99.1 cm³/mol. The number of ether oxygens (including phenoxy) is 1. The molecule has 9 heteroatoms. The Morgan fingerprint density at radius 2 is 1.89 bits per heavy atom. The van der Waals surface area contributed by atoms with Gasteiger partial charge in [-0.15, -0.1) is 0 Å². The Labute approximate surface area is 159 Å². The van der Waals surface area contributed by atoms with Crippen molar-refractivity contribution >= 4 is 11.6 Å². The first-order valence-electron chi connectivity index (χ1n) is 8.37. The highest BCUT2D eigenvalue weighted by atomic mass is 19.1. The van der Waals surface area contributed by atoms with E-state index in [0.29, 0.717) is 23.5 Å². The molecule has 144 valence electrons. The topological polar surface area (TPSA) is 90.5 Å². The van der Waals surface area contributed by atoms with Crippen LogP contribution in [-0.4, -0.2) is 45.7 Å². The van der Waals surface area contributed by atoms with E-state index in [9.17, 15) is 19.3 Å². The van der Waals surface area contributed by atoms with Gasteiger partial charge in [-0.05, 0) is 36.4 Å². The molecule has 0 fully saturated rings. The highest BCUT2D eigenvalue weighted by molar-refractivity contribution is 5.93. The number of nitro benzene ring substituents is 1. The molecule has 0 saturated carbocycles. The molecule has 0 saturated heterocycles. The molecular weight excluding hydrogens is 367 g/mol. The van der Waals surface area contributed by atoms with Crippen LogP contribution >= 0.6 is 0 Å². The van der Waals surface area contributed by atoms with Crippen LogP contribution in [0.2, 0.25) is 0 Å². The summed E-state index contributed by atoms with van der Waals surface area (Å²) in [7, 11) is 1.64. The van der Waals surface area contributed by atoms with Crippen LogP contribution in [0.1, 0.15) is 10.4 Å². The van der Waals surface area contributed by atoms with E-state index in [1.165, 1.54) is 52.2 Å². The molecular formula is C19H17FN4O4. The number of aromatic nitrogens is 2. The van der Waals surface area contributed by atoms with Gasteiger partial charge in [0.2, 0.25) is 0 Å². The average Bonchev–Trinajstić information content (AvgIpc) is 3.19. The quantitative estimate of drug-likeness (QED) is 0.461. The molecule has 8 nitrogen and oxygen atoms in total. The van der Waals surface area contributed by atoms with Gasteiger partial charge in [0.15, 0.2) is 0 Å². The number of amides is 1. The van der Waals surface area contributed by atoms with Gasteiger partial charge >= 0.3 is 0 Å². The molecule has 0 aliphatic rings. The Morgan fingerprint density at radius 3 is 2.54 bits per heavy atom. The largest absolute Gasteiger partial charge is 0.492 e. The number of likely N-dealkylation sites (N-methyl/N-ethyl adjacent to an activating group) is 1. The minimum absolute atomic E-state index is 0.0203. The van der Waals surface area contributed by atoms with Crippen molar-refractivity contribution in [2.75, 3.05) is 20.2 Å². The highest BCUT2D eigenvalue weighted by Crippen LogP contribution is 2.16. The van der Waals surface area contributed by atoms with E-state index in [2.05, 4.69) is 5.10 Å². The third-order valence-corrected chi connectivity index (χ3v) is 4.01. The molecule has 28 heavy (non-hydrogen) atoms. The number of benzene rings is 2. The van der Waals surface area contributed by atoms with Crippen LogP contribution in [0.5, 0.6) is 5.75 Å². The number of carbonyl (C=O) groups is 1. The maximum atomic E-state index is 12.9. The monoisotopic (exact) mass is 384 g/mol. The number of hydrogen-bond acceptors (Lipinski definition) is 5. The van der Waals surface area contributed by atoms with Gasteiger partial charge in [0.1, 0.15) is 18.2 Å². The zero-order valence-corrected chi connectivity index (χ0v) is 15.0. The molecule has 0 aliphatic heterocycles. The fourth-order valence-electron chi connectivity index (χ4n) is 2.45. The van der Waals surface area contributed by atoms with Crippen LogP contribution in [0.25, 0.3) is 5.69 Å². The maximum Gasteiger partial charge on any atom is 0.269 e. The molecule has 1 aromatic heterocycles. The Hall–Kier alpha value is -3.75. The molecule has 0 spiro atoms. The molecule has 0 bridgehead atoms. The molecule has 3 rings (SSSR count). The fourth-order valence-corrected chi connectivity index (χ4v) is 2.45. The van der Waals surface area contributed by atoms with E-state index in [1.54, 1.807) is 25.4 Å². The minimum atomic E-state index is -0.481. The molecule has 0 radical (unpaired) electrons. The predicted octanol–water partition coefficient (Wildman–Crippen LogP) is 3.07. The zero-order chi connectivity index (χ0) is 20.1. The van der Waals surface area contributed by atoms with Crippen molar-refractivity contribution in [3.63, 3.8) is 0 Å². The summed E-state index contributed by atoms with van der Waals surface area (Å²) < 4.78 is 19.8. The number of carbonyl (C=O) groups excluding carboxylic acids is 1. The van der Waals surface area contributed by atoms with Crippen LogP contribution in [0, 0.1) is 15.9 Å². The van der Waals surface area contributed by atoms with Crippen LogP contribution in [0.4, 0.5) is 10.1 Å². The van der Waals surface area contributed by atoms with Crippen molar-refractivity contribution in [1.82, 2.24) is 14.7 Å². The smallest absolute Gasteiger partial charge is 0.269 e. The van der Waals surface area contributed by atoms with Crippen molar-refractivity contribution < 1.29 is 18.8 Å². The summed E-state index contributed by atoms with van der Waals surface area (Å²) in [4.78, 5) is 24.2. The van der Waals surface area contributed by atoms with E-state index in [1.807, 2.05) is 0 Å². The molecule has 2 aromatic carbocycles. The first-order valence-corrected chi connectivity index (χ1v) is 8.37. The Kier molecular flexibility index (Phi) is 5.64. The third kappa shape index (κ3) is 4.50.